The third-order valence-electron chi connectivity index (χ3n) is 3.48. The van der Waals surface area contributed by atoms with Crippen LogP contribution in [0.15, 0.2) is 24.3 Å². The molecule has 1 N–H and O–H groups in total. The SMILES string of the molecule is COC(=O)[C@H](C)NC(=O)C1(c2ccccc2F)CC1. The smallest absolute Gasteiger partial charge is 0.328 e. The Hall–Kier alpha value is -1.91. The molecule has 1 fully saturated rings. The summed E-state index contributed by atoms with van der Waals surface area (Å²) in [5, 5.41) is 2.58. The fourth-order valence-corrected chi connectivity index (χ4v) is 2.16. The molecule has 0 aliphatic heterocycles. The number of hydrogen-bond donors (Lipinski definition) is 1. The van der Waals surface area contributed by atoms with Gasteiger partial charge in [0.25, 0.3) is 0 Å². The molecule has 1 saturated carbocycles. The Balaban J connectivity index is 2.15. The van der Waals surface area contributed by atoms with Crippen molar-refractivity contribution in [3.05, 3.63) is 35.6 Å². The summed E-state index contributed by atoms with van der Waals surface area (Å²) in [5.41, 5.74) is -0.433. The minimum atomic E-state index is -0.826. The van der Waals surface area contributed by atoms with Gasteiger partial charge in [0.05, 0.1) is 12.5 Å². The molecule has 0 spiro atoms. The lowest BCUT2D eigenvalue weighted by Crippen LogP contribution is -2.44. The van der Waals surface area contributed by atoms with E-state index in [0.717, 1.165) is 0 Å². The average Bonchev–Trinajstić information content (AvgIpc) is 3.19. The summed E-state index contributed by atoms with van der Waals surface area (Å²) in [7, 11) is 1.26. The lowest BCUT2D eigenvalue weighted by molar-refractivity contribution is -0.144. The highest BCUT2D eigenvalue weighted by Crippen LogP contribution is 2.49. The molecule has 1 aliphatic rings. The largest absolute Gasteiger partial charge is 0.467 e. The molecule has 1 aromatic carbocycles. The molecule has 0 radical (unpaired) electrons. The third-order valence-corrected chi connectivity index (χ3v) is 3.48. The fraction of sp³-hybridized carbons (Fsp3) is 0.429. The summed E-state index contributed by atoms with van der Waals surface area (Å²) in [6.45, 7) is 1.54. The first-order valence-electron chi connectivity index (χ1n) is 6.15. The van der Waals surface area contributed by atoms with Crippen LogP contribution in [0.25, 0.3) is 0 Å². The second-order valence-electron chi connectivity index (χ2n) is 4.78. The number of amides is 1. The number of carbonyl (C=O) groups excluding carboxylic acids is 2. The first kappa shape index (κ1) is 13.5. The Labute approximate surface area is 110 Å². The molecule has 1 aromatic rings. The molecule has 19 heavy (non-hydrogen) atoms. The number of halogens is 1. The van der Waals surface area contributed by atoms with Gasteiger partial charge >= 0.3 is 5.97 Å². The van der Waals surface area contributed by atoms with Crippen LogP contribution in [0.1, 0.15) is 25.3 Å². The molecule has 0 aromatic heterocycles. The highest BCUT2D eigenvalue weighted by Gasteiger charge is 2.53. The third kappa shape index (κ3) is 2.45. The van der Waals surface area contributed by atoms with Gasteiger partial charge in [0, 0.05) is 5.56 Å². The normalized spacial score (nSPS) is 17.4. The maximum absolute atomic E-state index is 13.8. The van der Waals surface area contributed by atoms with Crippen molar-refractivity contribution in [2.45, 2.75) is 31.2 Å². The lowest BCUT2D eigenvalue weighted by atomic mass is 9.94. The highest BCUT2D eigenvalue weighted by molar-refractivity contribution is 5.94. The summed E-state index contributed by atoms with van der Waals surface area (Å²) < 4.78 is 18.3. The maximum Gasteiger partial charge on any atom is 0.328 e. The molecule has 102 valence electrons. The van der Waals surface area contributed by atoms with E-state index < -0.39 is 17.4 Å². The number of methoxy groups -OCH3 is 1. The molecular formula is C14H16FNO3. The standard InChI is InChI=1S/C14H16FNO3/c1-9(12(17)19-2)16-13(18)14(7-8-14)10-5-3-4-6-11(10)15/h3-6,9H,7-8H2,1-2H3,(H,16,18)/t9-/m0/s1. The summed E-state index contributed by atoms with van der Waals surface area (Å²) in [5.74, 6) is -1.23. The van der Waals surface area contributed by atoms with Gasteiger partial charge < -0.3 is 10.1 Å². The maximum atomic E-state index is 13.8. The Morgan fingerprint density at radius 3 is 2.53 bits per heavy atom. The fourth-order valence-electron chi connectivity index (χ4n) is 2.16. The molecule has 1 aliphatic carbocycles. The van der Waals surface area contributed by atoms with Crippen molar-refractivity contribution in [1.82, 2.24) is 5.32 Å². The van der Waals surface area contributed by atoms with E-state index in [4.69, 9.17) is 0 Å². The number of rotatable bonds is 4. The minimum absolute atomic E-state index is 0.324. The van der Waals surface area contributed by atoms with Crippen LogP contribution in [-0.2, 0) is 19.7 Å². The summed E-state index contributed by atoms with van der Waals surface area (Å²) in [6.07, 6.45) is 1.18. The van der Waals surface area contributed by atoms with Crippen LogP contribution in [-0.4, -0.2) is 25.0 Å². The molecule has 5 heteroatoms. The monoisotopic (exact) mass is 265 g/mol. The van der Waals surface area contributed by atoms with Crippen molar-refractivity contribution in [1.29, 1.82) is 0 Å². The van der Waals surface area contributed by atoms with E-state index in [1.165, 1.54) is 13.2 Å². The van der Waals surface area contributed by atoms with E-state index in [9.17, 15) is 14.0 Å². The molecule has 0 saturated heterocycles. The molecular weight excluding hydrogens is 249 g/mol. The first-order chi connectivity index (χ1) is 9.01. The van der Waals surface area contributed by atoms with Gasteiger partial charge in [-0.15, -0.1) is 0 Å². The predicted molar refractivity (Wildman–Crippen MR) is 66.9 cm³/mol. The van der Waals surface area contributed by atoms with E-state index in [-0.39, 0.29) is 11.7 Å². The van der Waals surface area contributed by atoms with Crippen molar-refractivity contribution in [3.63, 3.8) is 0 Å². The molecule has 0 heterocycles. The second-order valence-corrected chi connectivity index (χ2v) is 4.78. The van der Waals surface area contributed by atoms with Crippen LogP contribution in [0.4, 0.5) is 4.39 Å². The van der Waals surface area contributed by atoms with Gasteiger partial charge in [-0.25, -0.2) is 9.18 Å². The van der Waals surface area contributed by atoms with Gasteiger partial charge in [-0.1, -0.05) is 18.2 Å². The Morgan fingerprint density at radius 1 is 1.37 bits per heavy atom. The second kappa shape index (κ2) is 4.99. The van der Waals surface area contributed by atoms with Crippen molar-refractivity contribution in [2.75, 3.05) is 7.11 Å². The number of nitrogens with one attached hydrogen (secondary N) is 1. The van der Waals surface area contributed by atoms with Gasteiger partial charge in [-0.2, -0.15) is 0 Å². The van der Waals surface area contributed by atoms with Crippen molar-refractivity contribution in [2.24, 2.45) is 0 Å². The average molecular weight is 265 g/mol. The van der Waals surface area contributed by atoms with Crippen LogP contribution in [0.3, 0.4) is 0 Å². The van der Waals surface area contributed by atoms with E-state index in [1.807, 2.05) is 0 Å². The van der Waals surface area contributed by atoms with Crippen LogP contribution in [0.5, 0.6) is 0 Å². The lowest BCUT2D eigenvalue weighted by Gasteiger charge is -2.19. The number of ether oxygens (including phenoxy) is 1. The number of hydrogen-bond acceptors (Lipinski definition) is 3. The summed E-state index contributed by atoms with van der Waals surface area (Å²) >= 11 is 0. The number of carbonyl (C=O) groups is 2. The van der Waals surface area contributed by atoms with Crippen LogP contribution >= 0.6 is 0 Å². The Bertz CT molecular complexity index is 511. The molecule has 1 atom stereocenters. The molecule has 0 bridgehead atoms. The predicted octanol–water partition coefficient (Wildman–Crippen LogP) is 1.53. The van der Waals surface area contributed by atoms with Gasteiger partial charge in [0.2, 0.25) is 5.91 Å². The van der Waals surface area contributed by atoms with Gasteiger partial charge in [-0.3, -0.25) is 4.79 Å². The Morgan fingerprint density at radius 2 is 2.00 bits per heavy atom. The topological polar surface area (TPSA) is 55.4 Å². The number of benzene rings is 1. The van der Waals surface area contributed by atoms with Crippen molar-refractivity contribution >= 4 is 11.9 Å². The zero-order valence-electron chi connectivity index (χ0n) is 10.9. The van der Waals surface area contributed by atoms with Crippen LogP contribution in [0.2, 0.25) is 0 Å². The van der Waals surface area contributed by atoms with E-state index in [1.54, 1.807) is 25.1 Å². The van der Waals surface area contributed by atoms with Gasteiger partial charge in [0.15, 0.2) is 0 Å². The van der Waals surface area contributed by atoms with Crippen LogP contribution in [0, 0.1) is 5.82 Å². The van der Waals surface area contributed by atoms with Gasteiger partial charge in [-0.05, 0) is 25.8 Å². The molecule has 4 nitrogen and oxygen atoms in total. The van der Waals surface area contributed by atoms with Crippen LogP contribution < -0.4 is 5.32 Å². The molecule has 1 amide bonds. The molecule has 2 rings (SSSR count). The summed E-state index contributed by atoms with van der Waals surface area (Å²) in [4.78, 5) is 23.5. The van der Waals surface area contributed by atoms with E-state index in [0.29, 0.717) is 18.4 Å². The van der Waals surface area contributed by atoms with E-state index in [2.05, 4.69) is 10.1 Å². The minimum Gasteiger partial charge on any atom is -0.467 e. The van der Waals surface area contributed by atoms with Crippen molar-refractivity contribution < 1.29 is 18.7 Å². The zero-order valence-corrected chi connectivity index (χ0v) is 10.9. The number of esters is 1. The van der Waals surface area contributed by atoms with E-state index >= 15 is 0 Å². The summed E-state index contributed by atoms with van der Waals surface area (Å²) in [6, 6.07) is 5.51. The quantitative estimate of drug-likeness (QED) is 0.840. The Kier molecular flexibility index (Phi) is 3.55. The van der Waals surface area contributed by atoms with Crippen molar-refractivity contribution in [3.8, 4) is 0 Å². The molecule has 0 unspecified atom stereocenters. The van der Waals surface area contributed by atoms with Gasteiger partial charge in [0.1, 0.15) is 11.9 Å². The zero-order chi connectivity index (χ0) is 14.0. The first-order valence-corrected chi connectivity index (χ1v) is 6.15. The highest BCUT2D eigenvalue weighted by atomic mass is 19.1.